The van der Waals surface area contributed by atoms with Crippen molar-refractivity contribution < 1.29 is 27.5 Å². The van der Waals surface area contributed by atoms with Crippen LogP contribution in [0.4, 0.5) is 8.78 Å². The van der Waals surface area contributed by atoms with Gasteiger partial charge in [0.25, 0.3) is 5.22 Å². The van der Waals surface area contributed by atoms with Crippen molar-refractivity contribution in [3.05, 3.63) is 24.3 Å². The second kappa shape index (κ2) is 8.66. The van der Waals surface area contributed by atoms with E-state index in [9.17, 15) is 13.6 Å². The maximum Gasteiger partial charge on any atom is 0.387 e. The summed E-state index contributed by atoms with van der Waals surface area (Å²) < 4.78 is 39.8. The van der Waals surface area contributed by atoms with E-state index in [1.807, 2.05) is 13.8 Å². The van der Waals surface area contributed by atoms with Gasteiger partial charge in [0, 0.05) is 18.7 Å². The van der Waals surface area contributed by atoms with Crippen molar-refractivity contribution in [2.45, 2.75) is 37.9 Å². The fourth-order valence-electron chi connectivity index (χ4n) is 2.76. The molecule has 2 aromatic rings. The summed E-state index contributed by atoms with van der Waals surface area (Å²) in [6, 6.07) is 5.87. The Morgan fingerprint density at radius 3 is 2.56 bits per heavy atom. The van der Waals surface area contributed by atoms with E-state index in [2.05, 4.69) is 14.9 Å². The van der Waals surface area contributed by atoms with E-state index in [1.165, 1.54) is 12.1 Å². The lowest BCUT2D eigenvalue weighted by Gasteiger charge is -2.35. The Kier molecular flexibility index (Phi) is 6.27. The molecule has 2 atom stereocenters. The first-order chi connectivity index (χ1) is 12.9. The number of morpholine rings is 1. The topological polar surface area (TPSA) is 77.7 Å². The minimum atomic E-state index is -2.88. The molecule has 27 heavy (non-hydrogen) atoms. The molecule has 1 aliphatic rings. The van der Waals surface area contributed by atoms with E-state index in [0.717, 1.165) is 11.8 Å². The number of carbonyl (C=O) groups excluding carboxylic acids is 1. The minimum Gasteiger partial charge on any atom is -0.435 e. The van der Waals surface area contributed by atoms with Crippen LogP contribution in [0.25, 0.3) is 11.5 Å². The number of aromatic nitrogens is 2. The quantitative estimate of drug-likeness (QED) is 0.691. The Hall–Kier alpha value is -2.20. The number of thioether (sulfide) groups is 1. The molecule has 0 radical (unpaired) electrons. The van der Waals surface area contributed by atoms with Gasteiger partial charge in [-0.3, -0.25) is 4.79 Å². The maximum absolute atomic E-state index is 12.3. The predicted octanol–water partition coefficient (Wildman–Crippen LogP) is 3.07. The number of rotatable bonds is 6. The number of nitrogens with zero attached hydrogens (tertiary/aromatic N) is 3. The van der Waals surface area contributed by atoms with E-state index in [0.29, 0.717) is 18.7 Å². The van der Waals surface area contributed by atoms with Crippen LogP contribution in [0.1, 0.15) is 13.8 Å². The van der Waals surface area contributed by atoms with Gasteiger partial charge in [0.05, 0.1) is 18.0 Å². The van der Waals surface area contributed by atoms with Crippen molar-refractivity contribution in [3.63, 3.8) is 0 Å². The van der Waals surface area contributed by atoms with Crippen molar-refractivity contribution in [2.75, 3.05) is 18.8 Å². The molecular weight excluding hydrogens is 380 g/mol. The van der Waals surface area contributed by atoms with Crippen LogP contribution in [0.15, 0.2) is 33.9 Å². The summed E-state index contributed by atoms with van der Waals surface area (Å²) >= 11 is 1.16. The molecular formula is C17H19F2N3O4S. The lowest BCUT2D eigenvalue weighted by Crippen LogP contribution is -2.48. The van der Waals surface area contributed by atoms with Gasteiger partial charge >= 0.3 is 6.61 Å². The fourth-order valence-corrected chi connectivity index (χ4v) is 3.43. The average molecular weight is 399 g/mol. The van der Waals surface area contributed by atoms with Gasteiger partial charge in [0.1, 0.15) is 5.75 Å². The average Bonchev–Trinajstić information content (AvgIpc) is 3.08. The van der Waals surface area contributed by atoms with Crippen molar-refractivity contribution in [3.8, 4) is 17.2 Å². The number of alkyl halides is 2. The molecule has 3 rings (SSSR count). The van der Waals surface area contributed by atoms with Crippen molar-refractivity contribution in [2.24, 2.45) is 0 Å². The van der Waals surface area contributed by atoms with Crippen LogP contribution in [-0.2, 0) is 9.53 Å². The minimum absolute atomic E-state index is 0.00901. The first-order valence-corrected chi connectivity index (χ1v) is 9.34. The molecule has 1 saturated heterocycles. The third-order valence-electron chi connectivity index (χ3n) is 3.82. The summed E-state index contributed by atoms with van der Waals surface area (Å²) in [7, 11) is 0. The number of halogens is 2. The first-order valence-electron chi connectivity index (χ1n) is 8.35. The summed E-state index contributed by atoms with van der Waals surface area (Å²) in [5.74, 6) is 0.447. The number of hydrogen-bond donors (Lipinski definition) is 0. The van der Waals surface area contributed by atoms with Crippen LogP contribution >= 0.6 is 11.8 Å². The number of hydrogen-bond acceptors (Lipinski definition) is 7. The van der Waals surface area contributed by atoms with Gasteiger partial charge < -0.3 is 18.8 Å². The van der Waals surface area contributed by atoms with Gasteiger partial charge in [-0.05, 0) is 38.1 Å². The van der Waals surface area contributed by atoms with Crippen LogP contribution in [0.2, 0.25) is 0 Å². The molecule has 1 aliphatic heterocycles. The summed E-state index contributed by atoms with van der Waals surface area (Å²) in [6.07, 6.45) is 0.0180. The Balaban J connectivity index is 1.55. The molecule has 0 saturated carbocycles. The molecule has 0 spiro atoms. The smallest absolute Gasteiger partial charge is 0.387 e. The van der Waals surface area contributed by atoms with Crippen LogP contribution in [0.3, 0.4) is 0 Å². The monoisotopic (exact) mass is 399 g/mol. The molecule has 0 unspecified atom stereocenters. The van der Waals surface area contributed by atoms with Crippen LogP contribution in [0.5, 0.6) is 5.75 Å². The maximum atomic E-state index is 12.3. The van der Waals surface area contributed by atoms with Gasteiger partial charge in [-0.25, -0.2) is 0 Å². The Morgan fingerprint density at radius 2 is 1.93 bits per heavy atom. The Morgan fingerprint density at radius 1 is 1.26 bits per heavy atom. The molecule has 0 bridgehead atoms. The third-order valence-corrected chi connectivity index (χ3v) is 4.63. The van der Waals surface area contributed by atoms with Gasteiger partial charge in [0.15, 0.2) is 0 Å². The van der Waals surface area contributed by atoms with Crippen LogP contribution in [-0.4, -0.2) is 58.7 Å². The summed E-state index contributed by atoms with van der Waals surface area (Å²) in [4.78, 5) is 14.1. The largest absolute Gasteiger partial charge is 0.435 e. The van der Waals surface area contributed by atoms with Gasteiger partial charge in [-0.1, -0.05) is 11.8 Å². The fraction of sp³-hybridized carbons (Fsp3) is 0.471. The summed E-state index contributed by atoms with van der Waals surface area (Å²) in [5, 5.41) is 8.09. The highest BCUT2D eigenvalue weighted by Crippen LogP contribution is 2.26. The van der Waals surface area contributed by atoms with E-state index in [1.54, 1.807) is 17.0 Å². The zero-order valence-corrected chi connectivity index (χ0v) is 15.6. The van der Waals surface area contributed by atoms with Crippen LogP contribution in [0, 0.1) is 0 Å². The molecule has 10 heteroatoms. The molecule has 1 aromatic carbocycles. The van der Waals surface area contributed by atoms with Crippen molar-refractivity contribution in [1.29, 1.82) is 0 Å². The lowest BCUT2D eigenvalue weighted by atomic mass is 10.2. The SMILES string of the molecule is C[C@H]1CN(C(=O)CSc2nnc(-c3ccc(OC(F)F)cc3)o2)C[C@H](C)O1. The number of benzene rings is 1. The molecule has 1 aromatic heterocycles. The molecule has 146 valence electrons. The van der Waals surface area contributed by atoms with Crippen molar-refractivity contribution >= 4 is 17.7 Å². The van der Waals surface area contributed by atoms with Gasteiger partial charge in [-0.15, -0.1) is 10.2 Å². The molecule has 0 aliphatic carbocycles. The number of carbonyl (C=O) groups is 1. The molecule has 1 amide bonds. The normalized spacial score (nSPS) is 20.1. The van der Waals surface area contributed by atoms with E-state index < -0.39 is 6.61 Å². The molecule has 2 heterocycles. The third kappa shape index (κ3) is 5.39. The van der Waals surface area contributed by atoms with E-state index in [-0.39, 0.29) is 40.7 Å². The Bertz CT molecular complexity index is 762. The predicted molar refractivity (Wildman–Crippen MR) is 93.7 cm³/mol. The zero-order chi connectivity index (χ0) is 19.4. The summed E-state index contributed by atoms with van der Waals surface area (Å²) in [6.45, 7) is 2.12. The Labute approximate surface area is 159 Å². The molecule has 0 N–H and O–H groups in total. The second-order valence-corrected chi connectivity index (χ2v) is 7.05. The molecule has 7 nitrogen and oxygen atoms in total. The lowest BCUT2D eigenvalue weighted by molar-refractivity contribution is -0.140. The van der Waals surface area contributed by atoms with Crippen molar-refractivity contribution in [1.82, 2.24) is 15.1 Å². The summed E-state index contributed by atoms with van der Waals surface area (Å²) in [5.41, 5.74) is 0.568. The second-order valence-electron chi connectivity index (χ2n) is 6.12. The highest BCUT2D eigenvalue weighted by Gasteiger charge is 2.26. The van der Waals surface area contributed by atoms with E-state index >= 15 is 0 Å². The number of ether oxygens (including phenoxy) is 2. The van der Waals surface area contributed by atoms with Crippen LogP contribution < -0.4 is 4.74 Å². The highest BCUT2D eigenvalue weighted by molar-refractivity contribution is 7.99. The first kappa shape index (κ1) is 19.6. The molecule has 1 fully saturated rings. The van der Waals surface area contributed by atoms with Gasteiger partial charge in [-0.2, -0.15) is 8.78 Å². The standard InChI is InChI=1S/C17H19F2N3O4S/c1-10-7-22(8-11(2)24-10)14(23)9-27-17-21-20-15(26-17)12-3-5-13(6-4-12)25-16(18)19/h3-6,10-11,16H,7-9H2,1-2H3/t10-,11-/m0/s1. The zero-order valence-electron chi connectivity index (χ0n) is 14.8. The van der Waals surface area contributed by atoms with Gasteiger partial charge in [0.2, 0.25) is 11.8 Å². The number of amides is 1. The van der Waals surface area contributed by atoms with E-state index in [4.69, 9.17) is 9.15 Å². The highest BCUT2D eigenvalue weighted by atomic mass is 32.2.